The summed E-state index contributed by atoms with van der Waals surface area (Å²) in [6.07, 6.45) is 87.3. The second kappa shape index (κ2) is 66.6. The summed E-state index contributed by atoms with van der Waals surface area (Å²) in [6, 6.07) is 0. The molecule has 21 aliphatic rings. The van der Waals surface area contributed by atoms with Gasteiger partial charge in [0.05, 0.1) is 31.0 Å². The molecule has 0 atom stereocenters. The maximum absolute atomic E-state index is 5.34. The van der Waals surface area contributed by atoms with E-state index in [0.29, 0.717) is 70.4 Å². The van der Waals surface area contributed by atoms with Gasteiger partial charge >= 0.3 is 0 Å². The van der Waals surface area contributed by atoms with Crippen molar-refractivity contribution < 1.29 is 23.7 Å². The van der Waals surface area contributed by atoms with E-state index in [0.717, 1.165) is 85.3 Å². The molecule has 0 aromatic heterocycles. The van der Waals surface area contributed by atoms with Crippen LogP contribution in [0.2, 0.25) is 0 Å². The van der Waals surface area contributed by atoms with Crippen LogP contribution in [0.15, 0.2) is 0 Å². The molecule has 21 fully saturated rings. The van der Waals surface area contributed by atoms with Crippen LogP contribution in [0.5, 0.6) is 0 Å². The molecule has 7 heterocycles. The molecule has 0 aromatic carbocycles. The van der Waals surface area contributed by atoms with Gasteiger partial charge in [0.15, 0.2) is 0 Å². The number of hydrogen-bond acceptors (Lipinski definition) is 7. The number of rotatable bonds is 0. The average molecular weight is 2030 g/mol. The van der Waals surface area contributed by atoms with Crippen molar-refractivity contribution in [2.24, 2.45) is 103 Å². The highest BCUT2D eigenvalue weighted by Gasteiger charge is 2.35. The fourth-order valence-electron chi connectivity index (χ4n) is 21.5. The fourth-order valence-corrected chi connectivity index (χ4v) is 22.5. The lowest BCUT2D eigenvalue weighted by atomic mass is 9.72. The van der Waals surface area contributed by atoms with Crippen molar-refractivity contribution in [3.8, 4) is 0 Å². The molecular formula is C136H273NO5S. The Morgan fingerprint density at radius 1 is 0.140 bits per heavy atom. The maximum atomic E-state index is 5.34. The van der Waals surface area contributed by atoms with E-state index in [1.54, 1.807) is 0 Å². The van der Waals surface area contributed by atoms with Crippen molar-refractivity contribution in [2.75, 3.05) is 77.5 Å². The van der Waals surface area contributed by atoms with Crippen LogP contribution in [0.25, 0.3) is 0 Å². The Bertz CT molecular complexity index is 2430. The third-order valence-corrected chi connectivity index (χ3v) is 38.1. The van der Waals surface area contributed by atoms with E-state index >= 15 is 0 Å². The van der Waals surface area contributed by atoms with Crippen LogP contribution in [-0.2, 0) is 23.7 Å². The van der Waals surface area contributed by atoms with Crippen molar-refractivity contribution in [3.05, 3.63) is 0 Å². The third kappa shape index (κ3) is 83.2. The van der Waals surface area contributed by atoms with Gasteiger partial charge < -0.3 is 29.0 Å². The Kier molecular flexibility index (Phi) is 65.7. The molecule has 1 N–H and O–H groups in total. The van der Waals surface area contributed by atoms with Crippen LogP contribution in [0.4, 0.5) is 0 Å². The molecule has 858 valence electrons. The standard InChI is InChI=1S/4C8H16.C7H14O.4C7H14.C6H13N.3C6H12O.5C6H12.C5H10O.C5H10S.C5H10/c4*1-8(2)6-4-3-5-7-8;1-7(2)3-5-8-6-4-7;4*1-7(2)5-3-4-6-7;2*1-6(2)3-4-7-5-6;2*1-6(2)4-3-5-7-6;5*1-6(2)4-3-5-6;2*1-5(2)3-6-4-5;1-5(2)3-4-5/h4*3-7H2,1-2H3;3-6H2,1-2H3;4*3-6H2,1-2H3;7H,3-5H2,1-2H3;3*3-5H2,1-2H3;5*3-5H2,1-2H3;2*3-4H2,1-2H3;3-4H2,1-2H3. The second-order valence-electron chi connectivity index (χ2n) is 66.2. The highest BCUT2D eigenvalue weighted by atomic mass is 32.2. The Hall–Kier alpha value is 0.110. The molecule has 7 saturated heterocycles. The Morgan fingerprint density at radius 2 is 0.315 bits per heavy atom. The van der Waals surface area contributed by atoms with Crippen molar-refractivity contribution in [1.29, 1.82) is 0 Å². The highest BCUT2D eigenvalue weighted by Crippen LogP contribution is 2.48. The van der Waals surface area contributed by atoms with Crippen LogP contribution in [-0.4, -0.2) is 88.7 Å². The summed E-state index contributed by atoms with van der Waals surface area (Å²) in [5.74, 6) is 2.74. The zero-order valence-electron chi connectivity index (χ0n) is 107. The average Bonchev–Trinajstić information content (AvgIpc) is 1.78. The first-order chi connectivity index (χ1) is 65.3. The van der Waals surface area contributed by atoms with E-state index in [-0.39, 0.29) is 11.2 Å². The summed E-state index contributed by atoms with van der Waals surface area (Å²) in [5.41, 5.74) is 13.0. The summed E-state index contributed by atoms with van der Waals surface area (Å²) in [5, 5.41) is 3.31. The smallest absolute Gasteiger partial charge is 0.0627 e. The molecule has 0 radical (unpaired) electrons. The minimum absolute atomic E-state index is 0.194. The number of hydrogen-bond donors (Lipinski definition) is 1. The van der Waals surface area contributed by atoms with Gasteiger partial charge in [-0.15, -0.1) is 0 Å². The van der Waals surface area contributed by atoms with Crippen LogP contribution >= 0.6 is 11.8 Å². The van der Waals surface area contributed by atoms with Gasteiger partial charge in [-0.05, 0) is 374 Å². The van der Waals surface area contributed by atoms with E-state index in [1.165, 1.54) is 416 Å². The van der Waals surface area contributed by atoms with Crippen molar-refractivity contribution in [2.45, 2.75) is 694 Å². The molecule has 14 saturated carbocycles. The molecular weight excluding hydrogens is 1760 g/mol. The molecule has 0 amide bonds. The van der Waals surface area contributed by atoms with Crippen molar-refractivity contribution in [1.82, 2.24) is 5.32 Å². The lowest BCUT2D eigenvalue weighted by molar-refractivity contribution is -0.0892. The van der Waals surface area contributed by atoms with Crippen LogP contribution < -0.4 is 5.32 Å². The normalized spacial score (nSPS) is 28.4. The SMILES string of the molecule is CC1(C)CC1.CC1(C)CCC1.CC1(C)CCC1.CC1(C)CCC1.CC1(C)CCC1.CC1(C)CCC1.CC1(C)CCCC1.CC1(C)CCCC1.CC1(C)CCCC1.CC1(C)CCCC1.CC1(C)CCCCC1.CC1(C)CCCCC1.CC1(C)CCCCC1.CC1(C)CCCCC1.CC1(C)CCCO1.CC1(C)CCCO1.CC1(C)CCNC1.CC1(C)CCOC1.CC1(C)CCOCC1.CC1(C)COC1.CC1(C)CSC1. The number of nitrogens with one attached hydrogen (secondary N) is 1. The Balaban J connectivity index is 0.000000751. The second-order valence-corrected chi connectivity index (χ2v) is 67.2. The Labute approximate surface area is 908 Å². The molecule has 143 heavy (non-hydrogen) atoms. The van der Waals surface area contributed by atoms with Gasteiger partial charge in [-0.1, -0.05) is 424 Å². The molecule has 0 unspecified atom stereocenters. The monoisotopic (exact) mass is 2030 g/mol. The minimum atomic E-state index is 0.194. The lowest BCUT2D eigenvalue weighted by Crippen LogP contribution is -2.36. The first-order valence-corrected chi connectivity index (χ1v) is 63.8. The van der Waals surface area contributed by atoms with Crippen LogP contribution in [0.1, 0.15) is 682 Å². The summed E-state index contributed by atoms with van der Waals surface area (Å²) < 4.78 is 26.0. The quantitative estimate of drug-likeness (QED) is 0.259. The van der Waals surface area contributed by atoms with E-state index < -0.39 is 0 Å². The zero-order valence-corrected chi connectivity index (χ0v) is 108. The summed E-state index contributed by atoms with van der Waals surface area (Å²) in [4.78, 5) is 0. The zero-order chi connectivity index (χ0) is 109. The largest absolute Gasteiger partial charge is 0.381 e. The third-order valence-electron chi connectivity index (χ3n) is 36.1. The highest BCUT2D eigenvalue weighted by molar-refractivity contribution is 8.00. The first kappa shape index (κ1) is 141. The summed E-state index contributed by atoms with van der Waals surface area (Å²) >= 11 is 2.04. The first-order valence-electron chi connectivity index (χ1n) is 62.6. The molecule has 6 nitrogen and oxygen atoms in total. The minimum Gasteiger partial charge on any atom is -0.381 e. The van der Waals surface area contributed by atoms with E-state index in [1.807, 2.05) is 11.8 Å². The number of thioether (sulfide) groups is 1. The summed E-state index contributed by atoms with van der Waals surface area (Å²) in [6.45, 7) is 107. The molecule has 7 aliphatic heterocycles. The van der Waals surface area contributed by atoms with Gasteiger partial charge in [0.25, 0.3) is 0 Å². The lowest BCUT2D eigenvalue weighted by Gasteiger charge is -2.33. The molecule has 14 aliphatic carbocycles. The van der Waals surface area contributed by atoms with Crippen LogP contribution in [0, 0.1) is 103 Å². The van der Waals surface area contributed by atoms with E-state index in [4.69, 9.17) is 23.7 Å². The molecule has 0 aromatic rings. The molecule has 21 rings (SSSR count). The molecule has 0 bridgehead atoms. The predicted octanol–water partition coefficient (Wildman–Crippen LogP) is 45.3. The topological polar surface area (TPSA) is 58.2 Å². The fraction of sp³-hybridized carbons (Fsp3) is 1.00. The van der Waals surface area contributed by atoms with E-state index in [9.17, 15) is 0 Å². The van der Waals surface area contributed by atoms with Crippen LogP contribution in [0.3, 0.4) is 0 Å². The van der Waals surface area contributed by atoms with Crippen molar-refractivity contribution in [3.63, 3.8) is 0 Å². The van der Waals surface area contributed by atoms with Gasteiger partial charge in [-0.3, -0.25) is 0 Å². The predicted molar refractivity (Wildman–Crippen MR) is 646 cm³/mol. The van der Waals surface area contributed by atoms with E-state index in [2.05, 4.69) is 296 Å². The maximum Gasteiger partial charge on any atom is 0.0627 e. The van der Waals surface area contributed by atoms with Gasteiger partial charge in [0.2, 0.25) is 0 Å². The van der Waals surface area contributed by atoms with Gasteiger partial charge in [-0.2, -0.15) is 11.8 Å². The van der Waals surface area contributed by atoms with Gasteiger partial charge in [-0.25, -0.2) is 0 Å². The molecule has 7 heteroatoms. The van der Waals surface area contributed by atoms with Crippen molar-refractivity contribution >= 4 is 11.8 Å². The van der Waals surface area contributed by atoms with Gasteiger partial charge in [0.1, 0.15) is 0 Å². The van der Waals surface area contributed by atoms with Gasteiger partial charge in [0, 0.05) is 45.0 Å². The molecule has 0 spiro atoms. The summed E-state index contributed by atoms with van der Waals surface area (Å²) in [7, 11) is 0. The Morgan fingerprint density at radius 3 is 0.364 bits per heavy atom. The number of ether oxygens (including phenoxy) is 5.